The number of fused-ring (bicyclic) bond motifs is 1. The lowest BCUT2D eigenvalue weighted by Crippen LogP contribution is -2.17. The van der Waals surface area contributed by atoms with E-state index in [1.807, 2.05) is 29.5 Å². The topological polar surface area (TPSA) is 12.0 Å². The van der Waals surface area contributed by atoms with Crippen LogP contribution in [0.25, 0.3) is 10.1 Å². The van der Waals surface area contributed by atoms with Crippen LogP contribution in [0.5, 0.6) is 0 Å². The smallest absolute Gasteiger partial charge is 0.0409 e. The summed E-state index contributed by atoms with van der Waals surface area (Å²) in [6.07, 6.45) is 0. The molecule has 0 fully saturated rings. The molecule has 0 bridgehead atoms. The van der Waals surface area contributed by atoms with Crippen LogP contribution in [0, 0.1) is 6.92 Å². The Morgan fingerprint density at radius 2 is 1.95 bits per heavy atom. The number of halogens is 1. The first-order valence-corrected chi connectivity index (χ1v) is 8.30. The van der Waals surface area contributed by atoms with Gasteiger partial charge in [-0.15, -0.1) is 11.3 Å². The largest absolute Gasteiger partial charge is 0.305 e. The van der Waals surface area contributed by atoms with E-state index in [0.29, 0.717) is 6.04 Å². The van der Waals surface area contributed by atoms with E-state index in [1.54, 1.807) is 0 Å². The molecule has 0 radical (unpaired) electrons. The first-order valence-electron chi connectivity index (χ1n) is 7.11. The van der Waals surface area contributed by atoms with E-state index in [0.717, 1.165) is 11.6 Å². The number of benzene rings is 2. The van der Waals surface area contributed by atoms with Crippen molar-refractivity contribution in [1.82, 2.24) is 5.32 Å². The van der Waals surface area contributed by atoms with E-state index in [9.17, 15) is 0 Å². The predicted octanol–water partition coefficient (Wildman–Crippen LogP) is 5.71. The average molecular weight is 316 g/mol. The van der Waals surface area contributed by atoms with Gasteiger partial charge in [0.25, 0.3) is 0 Å². The number of hydrogen-bond acceptors (Lipinski definition) is 2. The lowest BCUT2D eigenvalue weighted by Gasteiger charge is -2.13. The minimum Gasteiger partial charge on any atom is -0.305 e. The molecule has 0 spiro atoms. The molecule has 1 unspecified atom stereocenters. The van der Waals surface area contributed by atoms with Gasteiger partial charge in [0.1, 0.15) is 0 Å². The molecule has 1 aromatic heterocycles. The first-order chi connectivity index (χ1) is 10.1. The van der Waals surface area contributed by atoms with Gasteiger partial charge in [-0.25, -0.2) is 0 Å². The second kappa shape index (κ2) is 6.18. The summed E-state index contributed by atoms with van der Waals surface area (Å²) in [6, 6.07) is 17.0. The molecule has 2 aromatic carbocycles. The summed E-state index contributed by atoms with van der Waals surface area (Å²) in [5.74, 6) is 0. The van der Waals surface area contributed by atoms with Gasteiger partial charge in [-0.2, -0.15) is 0 Å². The summed E-state index contributed by atoms with van der Waals surface area (Å²) in [6.45, 7) is 5.27. The Balaban J connectivity index is 1.78. The van der Waals surface area contributed by atoms with E-state index >= 15 is 0 Å². The summed E-state index contributed by atoms with van der Waals surface area (Å²) >= 11 is 7.91. The van der Waals surface area contributed by atoms with Gasteiger partial charge in [-0.3, -0.25) is 0 Å². The third-order valence-electron chi connectivity index (χ3n) is 3.78. The quantitative estimate of drug-likeness (QED) is 0.650. The van der Waals surface area contributed by atoms with Crippen LogP contribution >= 0.6 is 22.9 Å². The van der Waals surface area contributed by atoms with Crippen molar-refractivity contribution in [2.24, 2.45) is 0 Å². The maximum absolute atomic E-state index is 6.03. The first kappa shape index (κ1) is 14.6. The van der Waals surface area contributed by atoms with Gasteiger partial charge >= 0.3 is 0 Å². The number of aryl methyl sites for hydroxylation is 1. The van der Waals surface area contributed by atoms with E-state index in [-0.39, 0.29) is 0 Å². The zero-order valence-corrected chi connectivity index (χ0v) is 13.8. The minimum atomic E-state index is 0.335. The Morgan fingerprint density at radius 1 is 1.14 bits per heavy atom. The summed E-state index contributed by atoms with van der Waals surface area (Å²) in [4.78, 5) is 1.42. The Bertz CT molecular complexity index is 763. The maximum Gasteiger partial charge on any atom is 0.0409 e. The lowest BCUT2D eigenvalue weighted by molar-refractivity contribution is 0.581. The predicted molar refractivity (Wildman–Crippen MR) is 93.3 cm³/mol. The molecule has 3 heteroatoms. The van der Waals surface area contributed by atoms with Gasteiger partial charge in [0.2, 0.25) is 0 Å². The Hall–Kier alpha value is -1.35. The highest BCUT2D eigenvalue weighted by molar-refractivity contribution is 7.19. The molecule has 1 nitrogen and oxygen atoms in total. The third kappa shape index (κ3) is 3.13. The Kier molecular flexibility index (Phi) is 4.29. The van der Waals surface area contributed by atoms with Gasteiger partial charge in [-0.05, 0) is 48.6 Å². The van der Waals surface area contributed by atoms with Crippen LogP contribution in [-0.4, -0.2) is 0 Å². The van der Waals surface area contributed by atoms with Crippen LogP contribution < -0.4 is 5.32 Å². The molecule has 1 atom stereocenters. The van der Waals surface area contributed by atoms with E-state index in [4.69, 9.17) is 11.6 Å². The molecule has 0 aliphatic carbocycles. The van der Waals surface area contributed by atoms with Crippen LogP contribution in [0.3, 0.4) is 0 Å². The third-order valence-corrected chi connectivity index (χ3v) is 5.47. The van der Waals surface area contributed by atoms with Crippen LogP contribution in [-0.2, 0) is 6.54 Å². The molecule has 3 aromatic rings. The van der Waals surface area contributed by atoms with Gasteiger partial charge in [-0.1, -0.05) is 41.9 Å². The highest BCUT2D eigenvalue weighted by Gasteiger charge is 2.13. The van der Waals surface area contributed by atoms with Crippen molar-refractivity contribution in [3.05, 3.63) is 69.6 Å². The maximum atomic E-state index is 6.03. The van der Waals surface area contributed by atoms with Crippen molar-refractivity contribution >= 4 is 33.0 Å². The minimum absolute atomic E-state index is 0.335. The molecular weight excluding hydrogens is 298 g/mol. The summed E-state index contributed by atoms with van der Waals surface area (Å²) < 4.78 is 1.36. The van der Waals surface area contributed by atoms with Crippen LogP contribution in [0.15, 0.2) is 48.5 Å². The second-order valence-electron chi connectivity index (χ2n) is 5.32. The van der Waals surface area contributed by atoms with Crippen LogP contribution in [0.4, 0.5) is 0 Å². The zero-order valence-electron chi connectivity index (χ0n) is 12.2. The molecular formula is C18H18ClNS. The Labute approximate surface area is 134 Å². The summed E-state index contributed by atoms with van der Waals surface area (Å²) in [7, 11) is 0. The fourth-order valence-electron chi connectivity index (χ4n) is 2.62. The average Bonchev–Trinajstić information content (AvgIpc) is 2.83. The van der Waals surface area contributed by atoms with E-state index in [1.165, 1.54) is 26.1 Å². The zero-order chi connectivity index (χ0) is 14.8. The van der Waals surface area contributed by atoms with Gasteiger partial charge in [0.05, 0.1) is 0 Å². The van der Waals surface area contributed by atoms with Crippen molar-refractivity contribution in [3.8, 4) is 0 Å². The SMILES string of the molecule is Cc1c(C(C)NCc2cccc(Cl)c2)sc2ccccc12. The fourth-order valence-corrected chi connectivity index (χ4v) is 4.07. The molecule has 108 valence electrons. The Morgan fingerprint density at radius 3 is 2.71 bits per heavy atom. The van der Waals surface area contributed by atoms with Crippen molar-refractivity contribution in [3.63, 3.8) is 0 Å². The molecule has 0 aliphatic rings. The molecule has 1 N–H and O–H groups in total. The molecule has 0 aliphatic heterocycles. The number of thiophene rings is 1. The molecule has 3 rings (SSSR count). The summed E-state index contributed by atoms with van der Waals surface area (Å²) in [5.41, 5.74) is 2.61. The highest BCUT2D eigenvalue weighted by atomic mass is 35.5. The van der Waals surface area contributed by atoms with E-state index < -0.39 is 0 Å². The number of nitrogens with one attached hydrogen (secondary N) is 1. The van der Waals surface area contributed by atoms with Crippen LogP contribution in [0.2, 0.25) is 5.02 Å². The van der Waals surface area contributed by atoms with Crippen molar-refractivity contribution < 1.29 is 0 Å². The van der Waals surface area contributed by atoms with Gasteiger partial charge in [0, 0.05) is 27.2 Å². The standard InChI is InChI=1S/C18H18ClNS/c1-12-16-8-3-4-9-17(16)21-18(12)13(2)20-11-14-6-5-7-15(19)10-14/h3-10,13,20H,11H2,1-2H3. The van der Waals surface area contributed by atoms with Gasteiger partial charge < -0.3 is 5.32 Å². The van der Waals surface area contributed by atoms with Crippen molar-refractivity contribution in [1.29, 1.82) is 0 Å². The number of hydrogen-bond donors (Lipinski definition) is 1. The molecule has 0 amide bonds. The fraction of sp³-hybridized carbons (Fsp3) is 0.222. The van der Waals surface area contributed by atoms with Gasteiger partial charge in [0.15, 0.2) is 0 Å². The van der Waals surface area contributed by atoms with Crippen LogP contribution in [0.1, 0.15) is 29.0 Å². The highest BCUT2D eigenvalue weighted by Crippen LogP contribution is 2.34. The molecule has 21 heavy (non-hydrogen) atoms. The molecule has 1 heterocycles. The summed E-state index contributed by atoms with van der Waals surface area (Å²) in [5, 5.41) is 5.76. The monoisotopic (exact) mass is 315 g/mol. The number of rotatable bonds is 4. The van der Waals surface area contributed by atoms with Crippen molar-refractivity contribution in [2.45, 2.75) is 26.4 Å². The van der Waals surface area contributed by atoms with E-state index in [2.05, 4.69) is 49.5 Å². The second-order valence-corrected chi connectivity index (χ2v) is 6.84. The normalized spacial score (nSPS) is 12.7. The lowest BCUT2D eigenvalue weighted by atomic mass is 10.1. The molecule has 0 saturated heterocycles. The molecule has 0 saturated carbocycles. The van der Waals surface area contributed by atoms with Crippen molar-refractivity contribution in [2.75, 3.05) is 0 Å².